The number of unbranched alkanes of at least 4 members (excludes halogenated alkanes) is 1. The molecule has 1 unspecified atom stereocenters. The first kappa shape index (κ1) is 37.9. The van der Waals surface area contributed by atoms with E-state index in [1.165, 1.54) is 0 Å². The largest absolute Gasteiger partial charge is 0.411 e. The Bertz CT molecular complexity index is 922. The molecular formula is C36H66O6Si2. The molecule has 2 fully saturated rings. The highest BCUT2D eigenvalue weighted by Gasteiger charge is 2.44. The van der Waals surface area contributed by atoms with Gasteiger partial charge in [0, 0.05) is 0 Å². The zero-order valence-corrected chi connectivity index (χ0v) is 31.6. The van der Waals surface area contributed by atoms with Crippen LogP contribution in [-0.2, 0) is 29.7 Å². The smallest absolute Gasteiger partial charge is 0.192 e. The van der Waals surface area contributed by atoms with E-state index in [0.29, 0.717) is 26.1 Å². The number of hydrogen-bond donors (Lipinski definition) is 1. The number of hydrogen-bond acceptors (Lipinski definition) is 6. The fourth-order valence-corrected chi connectivity index (χ4v) is 10.6. The zero-order chi connectivity index (χ0) is 32.4. The van der Waals surface area contributed by atoms with E-state index in [9.17, 15) is 5.11 Å². The lowest BCUT2D eigenvalue weighted by Crippen LogP contribution is -2.47. The van der Waals surface area contributed by atoms with Crippen LogP contribution in [0.25, 0.3) is 0 Å². The van der Waals surface area contributed by atoms with Crippen LogP contribution in [-0.4, -0.2) is 71.1 Å². The highest BCUT2D eigenvalue weighted by Crippen LogP contribution is 2.40. The van der Waals surface area contributed by atoms with Crippen molar-refractivity contribution in [2.75, 3.05) is 6.61 Å². The van der Waals surface area contributed by atoms with Gasteiger partial charge < -0.3 is 28.2 Å². The number of benzene rings is 1. The van der Waals surface area contributed by atoms with Gasteiger partial charge in [0.05, 0.1) is 43.7 Å². The predicted octanol–water partition coefficient (Wildman–Crippen LogP) is 9.02. The Kier molecular flexibility index (Phi) is 15.1. The normalized spacial score (nSPS) is 23.8. The molecule has 2 aliphatic rings. The van der Waals surface area contributed by atoms with Crippen molar-refractivity contribution in [3.8, 4) is 0 Å². The van der Waals surface area contributed by atoms with E-state index < -0.39 is 22.7 Å². The fraction of sp³-hybridized carbons (Fsp3) is 0.833. The van der Waals surface area contributed by atoms with Crippen molar-refractivity contribution < 1.29 is 28.2 Å². The molecule has 1 aromatic carbocycles. The van der Waals surface area contributed by atoms with Gasteiger partial charge in [0.25, 0.3) is 0 Å². The van der Waals surface area contributed by atoms with E-state index in [1.54, 1.807) is 0 Å². The third-order valence-electron chi connectivity index (χ3n) is 10.7. The Labute approximate surface area is 272 Å². The number of epoxide rings is 1. The molecule has 2 aliphatic heterocycles. The molecule has 7 atom stereocenters. The van der Waals surface area contributed by atoms with E-state index in [1.807, 2.05) is 6.07 Å². The number of ether oxygens (including phenoxy) is 3. The summed E-state index contributed by atoms with van der Waals surface area (Å²) in [4.78, 5) is 0. The topological polar surface area (TPSA) is 69.7 Å². The fourth-order valence-electron chi connectivity index (χ4n) is 6.32. The van der Waals surface area contributed by atoms with Gasteiger partial charge in [-0.3, -0.25) is 0 Å². The highest BCUT2D eigenvalue weighted by molar-refractivity contribution is 6.74. The molecule has 0 aromatic heterocycles. The summed E-state index contributed by atoms with van der Waals surface area (Å²) < 4.78 is 33.0. The molecule has 0 bridgehead atoms. The van der Waals surface area contributed by atoms with Gasteiger partial charge in [0.15, 0.2) is 16.6 Å². The molecule has 254 valence electrons. The summed E-state index contributed by atoms with van der Waals surface area (Å²) in [5, 5.41) is 11.5. The summed E-state index contributed by atoms with van der Waals surface area (Å²) >= 11 is 0. The van der Waals surface area contributed by atoms with Crippen LogP contribution < -0.4 is 0 Å². The van der Waals surface area contributed by atoms with Gasteiger partial charge in [-0.2, -0.15) is 0 Å². The average molecular weight is 651 g/mol. The lowest BCUT2D eigenvalue weighted by Gasteiger charge is -2.41. The second-order valence-electron chi connectivity index (χ2n) is 14.9. The van der Waals surface area contributed by atoms with Crippen LogP contribution >= 0.6 is 0 Å². The van der Waals surface area contributed by atoms with Gasteiger partial charge in [0.2, 0.25) is 0 Å². The molecule has 2 heterocycles. The van der Waals surface area contributed by atoms with Crippen LogP contribution in [0.3, 0.4) is 0 Å². The minimum atomic E-state index is -1.90. The van der Waals surface area contributed by atoms with Gasteiger partial charge >= 0.3 is 0 Å². The molecule has 0 spiro atoms. The van der Waals surface area contributed by atoms with E-state index >= 15 is 0 Å². The Morgan fingerprint density at radius 3 is 2.14 bits per heavy atom. The first-order valence-corrected chi connectivity index (χ1v) is 23.3. The molecule has 2 saturated heterocycles. The molecule has 44 heavy (non-hydrogen) atoms. The van der Waals surface area contributed by atoms with Crippen molar-refractivity contribution in [1.82, 2.24) is 0 Å². The molecule has 0 aliphatic carbocycles. The van der Waals surface area contributed by atoms with Crippen molar-refractivity contribution in [3.05, 3.63) is 35.9 Å². The molecule has 0 saturated carbocycles. The summed E-state index contributed by atoms with van der Waals surface area (Å²) in [6.45, 7) is 21.9. The molecule has 3 rings (SSSR count). The van der Waals surface area contributed by atoms with E-state index in [2.05, 4.69) is 85.8 Å². The van der Waals surface area contributed by atoms with E-state index in [0.717, 1.165) is 62.2 Å². The maximum Gasteiger partial charge on any atom is 0.192 e. The van der Waals surface area contributed by atoms with Gasteiger partial charge in [-0.05, 0) is 80.4 Å². The monoisotopic (exact) mass is 650 g/mol. The standard InChI is InChI=1S/C36H66O6Si2/c1-10-14-20-32(41-43(8,9)36(5,6)7)31-24-22-30(40-31)25-29(37)21-23-33(42-44(11-2,12-3)13-4)35(34-27-38-34)39-26-28-18-16-15-17-19-28/h15-19,29-35,37H,10-14,20-27H2,1-9H3/t29-,30-,31-,32-,33+,34+,35?/m0/s1. The van der Waals surface area contributed by atoms with Gasteiger partial charge in [-0.1, -0.05) is 91.6 Å². The zero-order valence-electron chi connectivity index (χ0n) is 29.6. The second kappa shape index (κ2) is 17.5. The summed E-state index contributed by atoms with van der Waals surface area (Å²) in [6.07, 6.45) is 7.24. The van der Waals surface area contributed by atoms with Gasteiger partial charge in [-0.15, -0.1) is 0 Å². The minimum Gasteiger partial charge on any atom is -0.411 e. The molecule has 0 amide bonds. The van der Waals surface area contributed by atoms with Crippen LogP contribution in [0.4, 0.5) is 0 Å². The molecule has 1 aromatic rings. The molecule has 8 heteroatoms. The number of rotatable bonds is 21. The number of aliphatic hydroxyl groups is 1. The quantitative estimate of drug-likeness (QED) is 0.106. The van der Waals surface area contributed by atoms with Crippen LogP contribution in [0.2, 0.25) is 36.3 Å². The Hall–Kier alpha value is -0.586. The lowest BCUT2D eigenvalue weighted by atomic mass is 9.99. The summed E-state index contributed by atoms with van der Waals surface area (Å²) in [6, 6.07) is 13.6. The molecule has 6 nitrogen and oxygen atoms in total. The summed E-state index contributed by atoms with van der Waals surface area (Å²) in [5.74, 6) is 0. The summed E-state index contributed by atoms with van der Waals surface area (Å²) in [5.41, 5.74) is 1.16. The lowest BCUT2D eigenvalue weighted by molar-refractivity contribution is -0.0634. The summed E-state index contributed by atoms with van der Waals surface area (Å²) in [7, 11) is -3.80. The maximum absolute atomic E-state index is 11.3. The minimum absolute atomic E-state index is 0.0676. The molecule has 0 radical (unpaired) electrons. The van der Waals surface area contributed by atoms with Crippen molar-refractivity contribution in [2.24, 2.45) is 0 Å². The third kappa shape index (κ3) is 11.3. The van der Waals surface area contributed by atoms with Crippen LogP contribution in [0.1, 0.15) is 105 Å². The van der Waals surface area contributed by atoms with Gasteiger partial charge in [0.1, 0.15) is 12.2 Å². The van der Waals surface area contributed by atoms with Crippen molar-refractivity contribution >= 4 is 16.6 Å². The predicted molar refractivity (Wildman–Crippen MR) is 186 cm³/mol. The van der Waals surface area contributed by atoms with Crippen LogP contribution in [0, 0.1) is 0 Å². The SMILES string of the molecule is CCCC[C@H](O[Si](C)(C)C(C)(C)C)[C@@H]1CC[C@@H](C[C@@H](O)CC[C@@H](O[Si](CC)(CC)CC)C(OCc2ccccc2)[C@H]2CO2)O1. The van der Waals surface area contributed by atoms with Crippen molar-refractivity contribution in [2.45, 2.75) is 185 Å². The van der Waals surface area contributed by atoms with Crippen LogP contribution in [0.15, 0.2) is 30.3 Å². The average Bonchev–Trinajstić information content (AvgIpc) is 3.73. The molecular weight excluding hydrogens is 585 g/mol. The first-order chi connectivity index (χ1) is 20.9. The first-order valence-electron chi connectivity index (χ1n) is 17.8. The highest BCUT2D eigenvalue weighted by atomic mass is 28.4. The third-order valence-corrected chi connectivity index (χ3v) is 19.9. The molecule has 1 N–H and O–H groups in total. The van der Waals surface area contributed by atoms with Gasteiger partial charge in [-0.25, -0.2) is 0 Å². The second-order valence-corrected chi connectivity index (χ2v) is 24.4. The maximum atomic E-state index is 11.3. The van der Waals surface area contributed by atoms with Crippen molar-refractivity contribution in [3.63, 3.8) is 0 Å². The van der Waals surface area contributed by atoms with E-state index in [4.69, 9.17) is 23.1 Å². The Morgan fingerprint density at radius 2 is 1.57 bits per heavy atom. The number of aliphatic hydroxyl groups excluding tert-OH is 1. The van der Waals surface area contributed by atoms with Crippen LogP contribution in [0.5, 0.6) is 0 Å². The van der Waals surface area contributed by atoms with Crippen molar-refractivity contribution in [1.29, 1.82) is 0 Å². The Morgan fingerprint density at radius 1 is 0.909 bits per heavy atom. The van der Waals surface area contributed by atoms with E-state index in [-0.39, 0.29) is 41.7 Å². The Balaban J connectivity index is 1.62.